The van der Waals surface area contributed by atoms with E-state index >= 15 is 0 Å². The van der Waals surface area contributed by atoms with E-state index in [1.807, 2.05) is 12.1 Å². The molecular formula is C18H19ClN2. The molecule has 2 aromatic carbocycles. The lowest BCUT2D eigenvalue weighted by molar-refractivity contribution is 0.143. The summed E-state index contributed by atoms with van der Waals surface area (Å²) in [5, 5.41) is 4.34. The number of piperazine rings is 1. The normalized spacial score (nSPS) is 25.2. The maximum atomic E-state index is 6.04. The summed E-state index contributed by atoms with van der Waals surface area (Å²) in [6.45, 7) is 4.38. The van der Waals surface area contributed by atoms with E-state index < -0.39 is 0 Å². The molecule has 2 nitrogen and oxygen atoms in total. The number of hydrogen-bond donors (Lipinski definition) is 1. The molecule has 0 radical (unpaired) electrons. The molecule has 0 bridgehead atoms. The van der Waals surface area contributed by atoms with Crippen LogP contribution in [0.5, 0.6) is 0 Å². The van der Waals surface area contributed by atoms with Gasteiger partial charge in [0.25, 0.3) is 0 Å². The van der Waals surface area contributed by atoms with Crippen LogP contribution in [0.3, 0.4) is 0 Å². The zero-order chi connectivity index (χ0) is 14.2. The minimum atomic E-state index is 0.452. The lowest BCUT2D eigenvalue weighted by Crippen LogP contribution is -2.50. The molecule has 21 heavy (non-hydrogen) atoms. The Hall–Kier alpha value is -1.35. The highest BCUT2D eigenvalue weighted by atomic mass is 35.5. The SMILES string of the molecule is Clc1ccc(C2CN3CCNCC3c3ccccc32)cc1. The van der Waals surface area contributed by atoms with Crippen LogP contribution < -0.4 is 5.32 Å². The molecule has 0 amide bonds. The Morgan fingerprint density at radius 1 is 1.00 bits per heavy atom. The second-order valence-electron chi connectivity index (χ2n) is 5.95. The van der Waals surface area contributed by atoms with Gasteiger partial charge in [0.1, 0.15) is 0 Å². The smallest absolute Gasteiger partial charge is 0.0476 e. The molecule has 2 aliphatic heterocycles. The molecule has 1 N–H and O–H groups in total. The summed E-state index contributed by atoms with van der Waals surface area (Å²) < 4.78 is 0. The molecular weight excluding hydrogens is 280 g/mol. The van der Waals surface area contributed by atoms with Crippen LogP contribution in [0, 0.1) is 0 Å². The molecule has 2 unspecified atom stereocenters. The molecule has 2 heterocycles. The molecule has 2 aliphatic rings. The molecule has 3 heteroatoms. The third-order valence-corrected chi connectivity index (χ3v) is 5.03. The number of benzene rings is 2. The van der Waals surface area contributed by atoms with Crippen molar-refractivity contribution < 1.29 is 0 Å². The Kier molecular flexibility index (Phi) is 3.46. The lowest BCUT2D eigenvalue weighted by Gasteiger charge is -2.44. The second-order valence-corrected chi connectivity index (χ2v) is 6.38. The fourth-order valence-electron chi connectivity index (χ4n) is 3.72. The minimum absolute atomic E-state index is 0.452. The minimum Gasteiger partial charge on any atom is -0.314 e. The van der Waals surface area contributed by atoms with Gasteiger partial charge >= 0.3 is 0 Å². The summed E-state index contributed by atoms with van der Waals surface area (Å²) in [6.07, 6.45) is 0. The van der Waals surface area contributed by atoms with Gasteiger partial charge in [-0.05, 0) is 28.8 Å². The van der Waals surface area contributed by atoms with Gasteiger partial charge in [0.05, 0.1) is 0 Å². The highest BCUT2D eigenvalue weighted by molar-refractivity contribution is 6.30. The van der Waals surface area contributed by atoms with Gasteiger partial charge in [0.2, 0.25) is 0 Å². The number of nitrogens with one attached hydrogen (secondary N) is 1. The molecule has 0 spiro atoms. The topological polar surface area (TPSA) is 15.3 Å². The summed E-state index contributed by atoms with van der Waals surface area (Å²) in [5.41, 5.74) is 4.32. The van der Waals surface area contributed by atoms with Gasteiger partial charge in [-0.2, -0.15) is 0 Å². The van der Waals surface area contributed by atoms with Crippen molar-refractivity contribution in [2.75, 3.05) is 26.2 Å². The Balaban J connectivity index is 1.79. The predicted octanol–water partition coefficient (Wildman–Crippen LogP) is 3.43. The number of nitrogens with zero attached hydrogens (tertiary/aromatic N) is 1. The van der Waals surface area contributed by atoms with Crippen molar-refractivity contribution in [3.8, 4) is 0 Å². The van der Waals surface area contributed by atoms with Crippen LogP contribution in [0.25, 0.3) is 0 Å². The first-order chi connectivity index (χ1) is 10.3. The van der Waals surface area contributed by atoms with Crippen molar-refractivity contribution in [1.29, 1.82) is 0 Å². The van der Waals surface area contributed by atoms with E-state index in [1.165, 1.54) is 16.7 Å². The number of halogens is 1. The molecule has 0 saturated carbocycles. The molecule has 0 aliphatic carbocycles. The van der Waals surface area contributed by atoms with Crippen LogP contribution in [-0.4, -0.2) is 31.1 Å². The van der Waals surface area contributed by atoms with Gasteiger partial charge < -0.3 is 5.32 Å². The van der Waals surface area contributed by atoms with Gasteiger partial charge in [0, 0.05) is 43.2 Å². The summed E-state index contributed by atoms with van der Waals surface area (Å²) in [6, 6.07) is 17.8. The first-order valence-corrected chi connectivity index (χ1v) is 8.00. The van der Waals surface area contributed by atoms with Crippen LogP contribution in [0.1, 0.15) is 28.7 Å². The summed E-state index contributed by atoms with van der Waals surface area (Å²) in [4.78, 5) is 2.62. The molecule has 4 rings (SSSR count). The van der Waals surface area contributed by atoms with Gasteiger partial charge in [-0.1, -0.05) is 48.0 Å². The van der Waals surface area contributed by atoms with Crippen LogP contribution in [0.2, 0.25) is 5.02 Å². The van der Waals surface area contributed by atoms with Crippen molar-refractivity contribution in [1.82, 2.24) is 10.2 Å². The average molecular weight is 299 g/mol. The monoisotopic (exact) mass is 298 g/mol. The molecule has 1 saturated heterocycles. The van der Waals surface area contributed by atoms with Crippen molar-refractivity contribution in [3.63, 3.8) is 0 Å². The van der Waals surface area contributed by atoms with E-state index in [9.17, 15) is 0 Å². The van der Waals surface area contributed by atoms with E-state index in [1.54, 1.807) is 0 Å². The van der Waals surface area contributed by atoms with Crippen LogP contribution in [0.15, 0.2) is 48.5 Å². The van der Waals surface area contributed by atoms with Gasteiger partial charge in [-0.25, -0.2) is 0 Å². The maximum Gasteiger partial charge on any atom is 0.0476 e. The van der Waals surface area contributed by atoms with Crippen molar-refractivity contribution in [2.24, 2.45) is 0 Å². The summed E-state index contributed by atoms with van der Waals surface area (Å²) in [5.74, 6) is 0.452. The van der Waals surface area contributed by atoms with Crippen molar-refractivity contribution >= 4 is 11.6 Å². The van der Waals surface area contributed by atoms with E-state index in [4.69, 9.17) is 11.6 Å². The molecule has 0 aromatic heterocycles. The largest absolute Gasteiger partial charge is 0.314 e. The predicted molar refractivity (Wildman–Crippen MR) is 86.9 cm³/mol. The first kappa shape index (κ1) is 13.3. The standard InChI is InChI=1S/C18H19ClN2/c19-14-7-5-13(6-8-14)17-12-21-10-9-20-11-18(21)16-4-2-1-3-15(16)17/h1-8,17-18,20H,9-12H2. The zero-order valence-corrected chi connectivity index (χ0v) is 12.7. The van der Waals surface area contributed by atoms with E-state index in [-0.39, 0.29) is 0 Å². The quantitative estimate of drug-likeness (QED) is 0.868. The first-order valence-electron chi connectivity index (χ1n) is 7.62. The van der Waals surface area contributed by atoms with Crippen LogP contribution in [0.4, 0.5) is 0 Å². The summed E-state index contributed by atoms with van der Waals surface area (Å²) >= 11 is 6.04. The molecule has 1 fully saturated rings. The number of rotatable bonds is 1. The van der Waals surface area contributed by atoms with Gasteiger partial charge in [-0.3, -0.25) is 4.90 Å². The number of hydrogen-bond acceptors (Lipinski definition) is 2. The van der Waals surface area contributed by atoms with Crippen molar-refractivity contribution in [2.45, 2.75) is 12.0 Å². The number of fused-ring (bicyclic) bond motifs is 3. The van der Waals surface area contributed by atoms with Gasteiger partial charge in [-0.15, -0.1) is 0 Å². The van der Waals surface area contributed by atoms with Gasteiger partial charge in [0.15, 0.2) is 0 Å². The Bertz CT molecular complexity index is 638. The van der Waals surface area contributed by atoms with E-state index in [0.717, 1.165) is 31.2 Å². The molecule has 2 aromatic rings. The molecule has 108 valence electrons. The average Bonchev–Trinajstić information content (AvgIpc) is 2.55. The lowest BCUT2D eigenvalue weighted by atomic mass is 9.81. The molecule has 2 atom stereocenters. The Morgan fingerprint density at radius 3 is 2.57 bits per heavy atom. The zero-order valence-electron chi connectivity index (χ0n) is 11.9. The van der Waals surface area contributed by atoms with Crippen LogP contribution >= 0.6 is 11.6 Å². The van der Waals surface area contributed by atoms with E-state index in [0.29, 0.717) is 12.0 Å². The Labute approximate surface area is 130 Å². The third kappa shape index (κ3) is 2.38. The highest BCUT2D eigenvalue weighted by Crippen LogP contribution is 2.39. The Morgan fingerprint density at radius 2 is 1.76 bits per heavy atom. The third-order valence-electron chi connectivity index (χ3n) is 4.77. The fraction of sp³-hybridized carbons (Fsp3) is 0.333. The fourth-order valence-corrected chi connectivity index (χ4v) is 3.84. The summed E-state index contributed by atoms with van der Waals surface area (Å²) in [7, 11) is 0. The second kappa shape index (κ2) is 5.45. The maximum absolute atomic E-state index is 6.04. The van der Waals surface area contributed by atoms with Crippen molar-refractivity contribution in [3.05, 3.63) is 70.2 Å². The van der Waals surface area contributed by atoms with Crippen LogP contribution in [-0.2, 0) is 0 Å². The van der Waals surface area contributed by atoms with E-state index in [2.05, 4.69) is 46.6 Å². The highest BCUT2D eigenvalue weighted by Gasteiger charge is 2.34.